The summed E-state index contributed by atoms with van der Waals surface area (Å²) in [7, 11) is 0. The molecule has 0 aliphatic rings. The molecular weight excluding hydrogens is 243 g/mol. The summed E-state index contributed by atoms with van der Waals surface area (Å²) in [5.74, 6) is 0.325. The van der Waals surface area contributed by atoms with Gasteiger partial charge in [-0.25, -0.2) is 0 Å². The third-order valence-corrected chi connectivity index (χ3v) is 3.18. The van der Waals surface area contributed by atoms with Crippen LogP contribution in [0.3, 0.4) is 0 Å². The fraction of sp³-hybridized carbons (Fsp3) is 0.462. The van der Waals surface area contributed by atoms with Gasteiger partial charge in [0.25, 0.3) is 0 Å². The summed E-state index contributed by atoms with van der Waals surface area (Å²) in [4.78, 5) is 11.3. The highest BCUT2D eigenvalue weighted by molar-refractivity contribution is 6.35. The summed E-state index contributed by atoms with van der Waals surface area (Å²) in [6.45, 7) is 2.02. The number of hydrogen-bond acceptors (Lipinski definition) is 1. The van der Waals surface area contributed by atoms with Crippen molar-refractivity contribution in [1.82, 2.24) is 0 Å². The lowest BCUT2D eigenvalue weighted by Crippen LogP contribution is -1.98. The van der Waals surface area contributed by atoms with E-state index in [1.165, 1.54) is 0 Å². The Morgan fingerprint density at radius 3 is 2.38 bits per heavy atom. The van der Waals surface area contributed by atoms with Gasteiger partial charge in [0, 0.05) is 22.9 Å². The van der Waals surface area contributed by atoms with Crippen molar-refractivity contribution in [3.8, 4) is 0 Å². The van der Waals surface area contributed by atoms with Crippen molar-refractivity contribution in [3.05, 3.63) is 33.8 Å². The zero-order valence-corrected chi connectivity index (χ0v) is 10.9. The molecule has 0 N–H and O–H groups in total. The van der Waals surface area contributed by atoms with E-state index in [-0.39, 0.29) is 0 Å². The maximum Gasteiger partial charge on any atom is 0.132 e. The molecular formula is C13H16Cl2O. The van der Waals surface area contributed by atoms with Crippen LogP contribution in [0, 0.1) is 0 Å². The first kappa shape index (κ1) is 13.5. The lowest BCUT2D eigenvalue weighted by atomic mass is 10.0. The van der Waals surface area contributed by atoms with Crippen molar-refractivity contribution < 1.29 is 4.79 Å². The quantitative estimate of drug-likeness (QED) is 0.724. The highest BCUT2D eigenvalue weighted by atomic mass is 35.5. The van der Waals surface area contributed by atoms with Gasteiger partial charge in [-0.15, -0.1) is 0 Å². The molecule has 0 atom stereocenters. The first-order chi connectivity index (χ1) is 7.65. The van der Waals surface area contributed by atoms with Crippen molar-refractivity contribution >= 4 is 29.0 Å². The summed E-state index contributed by atoms with van der Waals surface area (Å²) in [6.07, 6.45) is 3.81. The topological polar surface area (TPSA) is 17.1 Å². The smallest absolute Gasteiger partial charge is 0.132 e. The van der Waals surface area contributed by atoms with E-state index in [0.29, 0.717) is 28.7 Å². The Labute approximate surface area is 107 Å². The Morgan fingerprint density at radius 2 is 1.81 bits per heavy atom. The van der Waals surface area contributed by atoms with Crippen molar-refractivity contribution in [2.24, 2.45) is 0 Å². The minimum absolute atomic E-state index is 0.325. The van der Waals surface area contributed by atoms with Gasteiger partial charge in [0.1, 0.15) is 5.78 Å². The van der Waals surface area contributed by atoms with Crippen LogP contribution in [0.2, 0.25) is 10.0 Å². The molecule has 0 saturated carbocycles. The average Bonchev–Trinajstić information content (AvgIpc) is 2.23. The molecule has 0 saturated heterocycles. The van der Waals surface area contributed by atoms with Gasteiger partial charge in [0.05, 0.1) is 0 Å². The molecule has 88 valence electrons. The van der Waals surface area contributed by atoms with Crippen LogP contribution >= 0.6 is 23.2 Å². The molecule has 0 bridgehead atoms. The first-order valence-corrected chi connectivity index (χ1v) is 6.35. The molecule has 16 heavy (non-hydrogen) atoms. The number of ketones is 1. The molecule has 1 nitrogen and oxygen atoms in total. The predicted molar refractivity (Wildman–Crippen MR) is 69.3 cm³/mol. The molecule has 0 aliphatic heterocycles. The molecule has 0 aliphatic carbocycles. The Bertz CT molecular complexity index is 341. The van der Waals surface area contributed by atoms with Crippen LogP contribution in [0.25, 0.3) is 0 Å². The van der Waals surface area contributed by atoms with Crippen molar-refractivity contribution in [1.29, 1.82) is 0 Å². The Kier molecular flexibility index (Phi) is 5.86. The second-order valence-corrected chi connectivity index (χ2v) is 4.66. The van der Waals surface area contributed by atoms with Gasteiger partial charge in [-0.05, 0) is 37.0 Å². The Balaban J connectivity index is 2.46. The third-order valence-electron chi connectivity index (χ3n) is 2.47. The highest BCUT2D eigenvalue weighted by Crippen LogP contribution is 2.25. The van der Waals surface area contributed by atoms with E-state index in [9.17, 15) is 4.79 Å². The molecule has 0 fully saturated rings. The van der Waals surface area contributed by atoms with E-state index in [1.54, 1.807) is 0 Å². The van der Waals surface area contributed by atoms with Crippen LogP contribution in [-0.4, -0.2) is 5.78 Å². The lowest BCUT2D eigenvalue weighted by molar-refractivity contribution is -0.119. The fourth-order valence-electron chi connectivity index (χ4n) is 1.64. The molecule has 0 amide bonds. The van der Waals surface area contributed by atoms with E-state index in [4.69, 9.17) is 23.2 Å². The standard InChI is InChI=1S/C13H16Cl2O/c1-2-5-10(16)6-3-7-11-12(14)8-4-9-13(11)15/h4,8-9H,2-3,5-7H2,1H3. The average molecular weight is 259 g/mol. The molecule has 0 spiro atoms. The van der Waals surface area contributed by atoms with E-state index in [0.717, 1.165) is 24.8 Å². The maximum atomic E-state index is 11.3. The third kappa shape index (κ3) is 4.15. The summed E-state index contributed by atoms with van der Waals surface area (Å²) in [5, 5.41) is 1.38. The maximum absolute atomic E-state index is 11.3. The van der Waals surface area contributed by atoms with E-state index >= 15 is 0 Å². The number of benzene rings is 1. The lowest BCUT2D eigenvalue weighted by Gasteiger charge is -2.06. The van der Waals surface area contributed by atoms with Crippen LogP contribution in [-0.2, 0) is 11.2 Å². The number of halogens is 2. The van der Waals surface area contributed by atoms with Crippen LogP contribution in [0.4, 0.5) is 0 Å². The molecule has 1 aromatic carbocycles. The summed E-state index contributed by atoms with van der Waals surface area (Å²) >= 11 is 12.1. The van der Waals surface area contributed by atoms with Crippen molar-refractivity contribution in [3.63, 3.8) is 0 Å². The fourth-order valence-corrected chi connectivity index (χ4v) is 2.22. The van der Waals surface area contributed by atoms with Gasteiger partial charge in [0.15, 0.2) is 0 Å². The van der Waals surface area contributed by atoms with Crippen molar-refractivity contribution in [2.75, 3.05) is 0 Å². The SMILES string of the molecule is CCCC(=O)CCCc1c(Cl)cccc1Cl. The van der Waals surface area contributed by atoms with Crippen LogP contribution in [0.5, 0.6) is 0 Å². The van der Waals surface area contributed by atoms with E-state index in [2.05, 4.69) is 0 Å². The zero-order valence-electron chi connectivity index (χ0n) is 9.43. The molecule has 0 heterocycles. The summed E-state index contributed by atoms with van der Waals surface area (Å²) in [5.41, 5.74) is 0.954. The molecule has 3 heteroatoms. The second kappa shape index (κ2) is 6.93. The number of hydrogen-bond donors (Lipinski definition) is 0. The van der Waals surface area contributed by atoms with Gasteiger partial charge in [-0.1, -0.05) is 36.2 Å². The monoisotopic (exact) mass is 258 g/mol. The summed E-state index contributed by atoms with van der Waals surface area (Å²) < 4.78 is 0. The van der Waals surface area contributed by atoms with Gasteiger partial charge in [0.2, 0.25) is 0 Å². The van der Waals surface area contributed by atoms with E-state index < -0.39 is 0 Å². The van der Waals surface area contributed by atoms with Crippen molar-refractivity contribution in [2.45, 2.75) is 39.0 Å². The second-order valence-electron chi connectivity index (χ2n) is 3.84. The zero-order chi connectivity index (χ0) is 12.0. The number of rotatable bonds is 6. The molecule has 0 unspecified atom stereocenters. The molecule has 0 radical (unpaired) electrons. The number of carbonyl (C=O) groups is 1. The molecule has 0 aromatic heterocycles. The Hall–Kier alpha value is -0.530. The Morgan fingerprint density at radius 1 is 1.19 bits per heavy atom. The highest BCUT2D eigenvalue weighted by Gasteiger charge is 2.06. The van der Waals surface area contributed by atoms with Gasteiger partial charge in [-0.2, -0.15) is 0 Å². The van der Waals surface area contributed by atoms with Gasteiger partial charge < -0.3 is 0 Å². The largest absolute Gasteiger partial charge is 0.300 e. The van der Waals surface area contributed by atoms with Gasteiger partial charge in [-0.3, -0.25) is 4.79 Å². The van der Waals surface area contributed by atoms with E-state index in [1.807, 2.05) is 25.1 Å². The number of Topliss-reactive ketones (excluding diaryl/α,β-unsaturated/α-hetero) is 1. The molecule has 1 aromatic rings. The molecule has 1 rings (SSSR count). The normalized spacial score (nSPS) is 10.4. The van der Waals surface area contributed by atoms with Crippen LogP contribution in [0.15, 0.2) is 18.2 Å². The summed E-state index contributed by atoms with van der Waals surface area (Å²) in [6, 6.07) is 5.49. The minimum atomic E-state index is 0.325. The van der Waals surface area contributed by atoms with Crippen LogP contribution in [0.1, 0.15) is 38.2 Å². The minimum Gasteiger partial charge on any atom is -0.300 e. The number of carbonyl (C=O) groups excluding carboxylic acids is 1. The predicted octanol–water partition coefficient (Wildman–Crippen LogP) is 4.69. The first-order valence-electron chi connectivity index (χ1n) is 5.59. The van der Waals surface area contributed by atoms with Crippen LogP contribution < -0.4 is 0 Å². The van der Waals surface area contributed by atoms with Gasteiger partial charge >= 0.3 is 0 Å².